The fourth-order valence-corrected chi connectivity index (χ4v) is 2.86. The number of hydrogen-bond acceptors (Lipinski definition) is 3. The van der Waals surface area contributed by atoms with Gasteiger partial charge in [0.15, 0.2) is 0 Å². The zero-order valence-electron chi connectivity index (χ0n) is 11.7. The fourth-order valence-electron chi connectivity index (χ4n) is 2.86. The first-order valence-corrected chi connectivity index (χ1v) is 7.15. The van der Waals surface area contributed by atoms with Crippen LogP contribution in [0.4, 0.5) is 5.95 Å². The molecule has 0 spiro atoms. The highest BCUT2D eigenvalue weighted by atomic mass is 15.2. The van der Waals surface area contributed by atoms with E-state index in [9.17, 15) is 0 Å². The predicted molar refractivity (Wildman–Crippen MR) is 74.0 cm³/mol. The molecule has 1 aromatic rings. The topological polar surface area (TPSA) is 33.1 Å². The summed E-state index contributed by atoms with van der Waals surface area (Å²) >= 11 is 0. The Bertz CT molecular complexity index is 421. The van der Waals surface area contributed by atoms with Crippen LogP contribution in [0.15, 0.2) is 6.20 Å². The maximum atomic E-state index is 4.65. The molecule has 1 saturated heterocycles. The summed E-state index contributed by atoms with van der Waals surface area (Å²) < 4.78 is 2.35. The molecule has 100 valence electrons. The van der Waals surface area contributed by atoms with Gasteiger partial charge in [0, 0.05) is 30.9 Å². The van der Waals surface area contributed by atoms with Gasteiger partial charge in [-0.3, -0.25) is 0 Å². The molecule has 2 atom stereocenters. The zero-order chi connectivity index (χ0) is 12.7. The Labute approximate surface area is 109 Å². The first-order chi connectivity index (χ1) is 8.63. The zero-order valence-corrected chi connectivity index (χ0v) is 11.7. The van der Waals surface area contributed by atoms with Crippen molar-refractivity contribution in [3.05, 3.63) is 11.9 Å². The molecule has 4 heteroatoms. The summed E-state index contributed by atoms with van der Waals surface area (Å²) in [5, 5.41) is 3.67. The van der Waals surface area contributed by atoms with Crippen molar-refractivity contribution in [3.8, 4) is 0 Å². The van der Waals surface area contributed by atoms with E-state index < -0.39 is 0 Å². The van der Waals surface area contributed by atoms with Gasteiger partial charge < -0.3 is 14.8 Å². The van der Waals surface area contributed by atoms with Gasteiger partial charge in [0.25, 0.3) is 0 Å². The highest BCUT2D eigenvalue weighted by molar-refractivity contribution is 5.32. The van der Waals surface area contributed by atoms with E-state index in [0.717, 1.165) is 11.6 Å². The van der Waals surface area contributed by atoms with E-state index in [4.69, 9.17) is 0 Å². The van der Waals surface area contributed by atoms with E-state index in [1.165, 1.54) is 32.2 Å². The second-order valence-corrected chi connectivity index (χ2v) is 6.04. The van der Waals surface area contributed by atoms with E-state index >= 15 is 0 Å². The Kier molecular flexibility index (Phi) is 3.06. The third kappa shape index (κ3) is 2.39. The van der Waals surface area contributed by atoms with E-state index in [1.54, 1.807) is 0 Å². The van der Waals surface area contributed by atoms with Crippen molar-refractivity contribution < 1.29 is 0 Å². The van der Waals surface area contributed by atoms with E-state index in [-0.39, 0.29) is 0 Å². The van der Waals surface area contributed by atoms with E-state index in [0.29, 0.717) is 18.1 Å². The van der Waals surface area contributed by atoms with Gasteiger partial charge in [0.2, 0.25) is 5.95 Å². The number of hydrogen-bond donors (Lipinski definition) is 1. The van der Waals surface area contributed by atoms with Crippen LogP contribution in [0.1, 0.15) is 44.3 Å². The van der Waals surface area contributed by atoms with Crippen LogP contribution < -0.4 is 5.32 Å². The van der Waals surface area contributed by atoms with Gasteiger partial charge in [-0.25, -0.2) is 4.98 Å². The maximum absolute atomic E-state index is 4.65. The summed E-state index contributed by atoms with van der Waals surface area (Å²) in [7, 11) is 2.22. The summed E-state index contributed by atoms with van der Waals surface area (Å²) in [5.41, 5.74) is 1.13. The summed E-state index contributed by atoms with van der Waals surface area (Å²) in [5.74, 6) is 1.09. The van der Waals surface area contributed by atoms with Crippen LogP contribution in [0, 0.1) is 6.92 Å². The lowest BCUT2D eigenvalue weighted by atomic mass is 9.99. The van der Waals surface area contributed by atoms with Crippen LogP contribution in [0.25, 0.3) is 0 Å². The Morgan fingerprint density at radius 3 is 2.78 bits per heavy atom. The molecule has 1 saturated carbocycles. The fraction of sp³-hybridized carbons (Fsp3) is 0.786. The average molecular weight is 248 g/mol. The first-order valence-electron chi connectivity index (χ1n) is 7.15. The second-order valence-electron chi connectivity index (χ2n) is 6.04. The summed E-state index contributed by atoms with van der Waals surface area (Å²) in [6.45, 7) is 5.58. The van der Waals surface area contributed by atoms with Crippen LogP contribution in [0.5, 0.6) is 0 Å². The molecular weight excluding hydrogens is 224 g/mol. The SMILES string of the molecule is Cc1cn(C2CC2)c(NC2CCN(C)C(C)C2)n1. The van der Waals surface area contributed by atoms with Crippen molar-refractivity contribution >= 4 is 5.95 Å². The van der Waals surface area contributed by atoms with Crippen molar-refractivity contribution in [1.29, 1.82) is 0 Å². The molecule has 4 nitrogen and oxygen atoms in total. The first kappa shape index (κ1) is 12.0. The lowest BCUT2D eigenvalue weighted by Crippen LogP contribution is -2.43. The minimum absolute atomic E-state index is 0.579. The monoisotopic (exact) mass is 248 g/mol. The molecule has 3 rings (SSSR count). The third-order valence-corrected chi connectivity index (χ3v) is 4.33. The van der Waals surface area contributed by atoms with Crippen LogP contribution in [-0.2, 0) is 0 Å². The van der Waals surface area contributed by atoms with Crippen LogP contribution >= 0.6 is 0 Å². The number of nitrogens with zero attached hydrogens (tertiary/aromatic N) is 3. The standard InChI is InChI=1S/C14H24N4/c1-10-9-18(13-4-5-13)14(15-10)16-12-6-7-17(3)11(2)8-12/h9,11-13H,4-8H2,1-3H3,(H,15,16). The van der Waals surface area contributed by atoms with E-state index in [1.807, 2.05) is 0 Å². The van der Waals surface area contributed by atoms with Gasteiger partial charge in [-0.15, -0.1) is 0 Å². The molecule has 18 heavy (non-hydrogen) atoms. The van der Waals surface area contributed by atoms with Crippen molar-refractivity contribution in [3.63, 3.8) is 0 Å². The molecule has 1 N–H and O–H groups in total. The van der Waals surface area contributed by atoms with Crippen LogP contribution in [0.2, 0.25) is 0 Å². The highest BCUT2D eigenvalue weighted by Gasteiger charge is 2.28. The number of likely N-dealkylation sites (tertiary alicyclic amines) is 1. The Morgan fingerprint density at radius 1 is 1.33 bits per heavy atom. The number of rotatable bonds is 3. The Morgan fingerprint density at radius 2 is 2.11 bits per heavy atom. The number of anilines is 1. The molecular formula is C14H24N4. The third-order valence-electron chi connectivity index (χ3n) is 4.33. The van der Waals surface area contributed by atoms with Gasteiger partial charge in [-0.1, -0.05) is 0 Å². The molecule has 2 fully saturated rings. The lowest BCUT2D eigenvalue weighted by Gasteiger charge is -2.35. The number of piperidine rings is 1. The normalized spacial score (nSPS) is 29.5. The number of aromatic nitrogens is 2. The largest absolute Gasteiger partial charge is 0.353 e. The number of aryl methyl sites for hydroxylation is 1. The second kappa shape index (κ2) is 4.57. The molecule has 0 radical (unpaired) electrons. The van der Waals surface area contributed by atoms with E-state index in [2.05, 4.69) is 46.9 Å². The molecule has 0 aromatic carbocycles. The minimum atomic E-state index is 0.579. The summed E-state index contributed by atoms with van der Waals surface area (Å²) in [4.78, 5) is 7.09. The quantitative estimate of drug-likeness (QED) is 0.892. The van der Waals surface area contributed by atoms with Crippen LogP contribution in [-0.4, -0.2) is 40.1 Å². The molecule has 2 aliphatic rings. The van der Waals surface area contributed by atoms with Crippen molar-refractivity contribution in [2.24, 2.45) is 0 Å². The van der Waals surface area contributed by atoms with Gasteiger partial charge >= 0.3 is 0 Å². The van der Waals surface area contributed by atoms with Gasteiger partial charge in [-0.2, -0.15) is 0 Å². The number of nitrogens with one attached hydrogen (secondary N) is 1. The van der Waals surface area contributed by atoms with Crippen molar-refractivity contribution in [1.82, 2.24) is 14.5 Å². The van der Waals surface area contributed by atoms with Gasteiger partial charge in [0.1, 0.15) is 0 Å². The molecule has 1 aromatic heterocycles. The molecule has 2 unspecified atom stereocenters. The molecule has 1 aliphatic heterocycles. The van der Waals surface area contributed by atoms with Crippen molar-refractivity contribution in [2.45, 2.75) is 57.7 Å². The summed E-state index contributed by atoms with van der Waals surface area (Å²) in [6.07, 6.45) is 7.26. The lowest BCUT2D eigenvalue weighted by molar-refractivity contribution is 0.189. The van der Waals surface area contributed by atoms with Gasteiger partial charge in [-0.05, 0) is 46.6 Å². The Balaban J connectivity index is 1.69. The average Bonchev–Trinajstić information content (AvgIpc) is 3.09. The molecule has 1 aliphatic carbocycles. The van der Waals surface area contributed by atoms with Gasteiger partial charge in [0.05, 0.1) is 5.69 Å². The summed E-state index contributed by atoms with van der Waals surface area (Å²) in [6, 6.07) is 1.95. The molecule has 0 bridgehead atoms. The smallest absolute Gasteiger partial charge is 0.203 e. The Hall–Kier alpha value is -1.03. The maximum Gasteiger partial charge on any atom is 0.203 e. The van der Waals surface area contributed by atoms with Crippen molar-refractivity contribution in [2.75, 3.05) is 18.9 Å². The molecule has 0 amide bonds. The minimum Gasteiger partial charge on any atom is -0.353 e. The molecule has 2 heterocycles. The highest BCUT2D eigenvalue weighted by Crippen LogP contribution is 2.37. The predicted octanol–water partition coefficient (Wildman–Crippen LogP) is 2.42. The number of imidazole rings is 1. The van der Waals surface area contributed by atoms with Crippen LogP contribution in [0.3, 0.4) is 0 Å².